The van der Waals surface area contributed by atoms with Gasteiger partial charge in [-0.2, -0.15) is 0 Å². The number of nitrogens with one attached hydrogen (secondary N) is 1. The number of phenolic OH excluding ortho intramolecular Hbond substituents is 1. The lowest BCUT2D eigenvalue weighted by Crippen LogP contribution is -2.35. The van der Waals surface area contributed by atoms with Crippen LogP contribution >= 0.6 is 0 Å². The largest absolute Gasteiger partial charge is 0.508 e. The summed E-state index contributed by atoms with van der Waals surface area (Å²) in [6, 6.07) is 4.82. The monoisotopic (exact) mass is 250 g/mol. The van der Waals surface area contributed by atoms with E-state index in [0.717, 1.165) is 5.56 Å². The lowest BCUT2D eigenvalue weighted by Gasteiger charge is -2.21. The van der Waals surface area contributed by atoms with Crippen molar-refractivity contribution in [2.75, 3.05) is 6.54 Å². The normalized spacial score (nSPS) is 13.2. The zero-order valence-electron chi connectivity index (χ0n) is 11.4. The van der Waals surface area contributed by atoms with Gasteiger partial charge in [0, 0.05) is 23.7 Å². The van der Waals surface area contributed by atoms with E-state index < -0.39 is 0 Å². The van der Waals surface area contributed by atoms with Crippen molar-refractivity contribution < 1.29 is 9.90 Å². The Kier molecular flexibility index (Phi) is 4.35. The highest BCUT2D eigenvalue weighted by Crippen LogP contribution is 2.31. The Morgan fingerprint density at radius 3 is 2.56 bits per heavy atom. The van der Waals surface area contributed by atoms with E-state index in [9.17, 15) is 9.90 Å². The summed E-state index contributed by atoms with van der Waals surface area (Å²) < 4.78 is 0. The first-order valence-electron chi connectivity index (χ1n) is 6.09. The molecule has 4 nitrogen and oxygen atoms in total. The van der Waals surface area contributed by atoms with Gasteiger partial charge in [-0.25, -0.2) is 0 Å². The lowest BCUT2D eigenvalue weighted by molar-refractivity contribution is 0.0951. The maximum absolute atomic E-state index is 11.9. The van der Waals surface area contributed by atoms with Crippen molar-refractivity contribution >= 4 is 5.91 Å². The van der Waals surface area contributed by atoms with Crippen LogP contribution < -0.4 is 11.1 Å². The molecule has 1 atom stereocenters. The van der Waals surface area contributed by atoms with Crippen LogP contribution in [0.3, 0.4) is 0 Å². The van der Waals surface area contributed by atoms with Crippen LogP contribution in [0.4, 0.5) is 0 Å². The van der Waals surface area contributed by atoms with Crippen molar-refractivity contribution in [3.05, 3.63) is 29.3 Å². The van der Waals surface area contributed by atoms with Crippen molar-refractivity contribution in [1.82, 2.24) is 5.32 Å². The van der Waals surface area contributed by atoms with Crippen LogP contribution in [0, 0.1) is 0 Å². The van der Waals surface area contributed by atoms with Crippen LogP contribution in [0.1, 0.15) is 43.6 Å². The molecule has 4 heteroatoms. The molecule has 1 aromatic carbocycles. The molecular weight excluding hydrogens is 228 g/mol. The number of hydrogen-bond donors (Lipinski definition) is 3. The minimum absolute atomic E-state index is 0.0758. The number of amides is 1. The van der Waals surface area contributed by atoms with Crippen molar-refractivity contribution in [3.63, 3.8) is 0 Å². The van der Waals surface area contributed by atoms with Gasteiger partial charge in [0.25, 0.3) is 5.91 Å². The van der Waals surface area contributed by atoms with Crippen LogP contribution in [-0.4, -0.2) is 23.6 Å². The molecular formula is C14H22N2O2. The Morgan fingerprint density at radius 1 is 1.44 bits per heavy atom. The molecule has 0 radical (unpaired) electrons. The van der Waals surface area contributed by atoms with Crippen LogP contribution in [0.5, 0.6) is 5.75 Å². The van der Waals surface area contributed by atoms with Crippen molar-refractivity contribution in [3.8, 4) is 5.75 Å². The third-order valence-electron chi connectivity index (χ3n) is 2.65. The van der Waals surface area contributed by atoms with E-state index in [-0.39, 0.29) is 23.1 Å². The summed E-state index contributed by atoms with van der Waals surface area (Å²) >= 11 is 0. The molecule has 1 unspecified atom stereocenters. The summed E-state index contributed by atoms with van der Waals surface area (Å²) in [5.41, 5.74) is 6.68. The van der Waals surface area contributed by atoms with E-state index in [0.29, 0.717) is 12.1 Å². The van der Waals surface area contributed by atoms with Gasteiger partial charge >= 0.3 is 0 Å². The van der Waals surface area contributed by atoms with Crippen molar-refractivity contribution in [1.29, 1.82) is 0 Å². The number of benzene rings is 1. The quantitative estimate of drug-likeness (QED) is 0.765. The second kappa shape index (κ2) is 5.40. The first-order chi connectivity index (χ1) is 8.21. The fourth-order valence-electron chi connectivity index (χ4n) is 1.63. The fraction of sp³-hybridized carbons (Fsp3) is 0.500. The van der Waals surface area contributed by atoms with Gasteiger partial charge in [-0.3, -0.25) is 4.79 Å². The van der Waals surface area contributed by atoms with Crippen LogP contribution in [-0.2, 0) is 5.41 Å². The highest BCUT2D eigenvalue weighted by Gasteiger charge is 2.19. The Bertz CT molecular complexity index is 434. The SMILES string of the molecule is CC(N)CNC(=O)c1ccc(O)c(C(C)(C)C)c1. The fourth-order valence-corrected chi connectivity index (χ4v) is 1.63. The summed E-state index contributed by atoms with van der Waals surface area (Å²) in [6.45, 7) is 8.24. The van der Waals surface area contributed by atoms with E-state index >= 15 is 0 Å². The third-order valence-corrected chi connectivity index (χ3v) is 2.65. The average molecular weight is 250 g/mol. The standard InChI is InChI=1S/C14H22N2O2/c1-9(15)8-16-13(18)10-5-6-12(17)11(7-10)14(2,3)4/h5-7,9,17H,8,15H2,1-4H3,(H,16,18). The van der Waals surface area contributed by atoms with Gasteiger partial charge in [0.05, 0.1) is 0 Å². The average Bonchev–Trinajstić information content (AvgIpc) is 2.24. The van der Waals surface area contributed by atoms with Crippen LogP contribution in [0.15, 0.2) is 18.2 Å². The Labute approximate surface area is 108 Å². The van der Waals surface area contributed by atoms with Crippen molar-refractivity contribution in [2.24, 2.45) is 5.73 Å². The lowest BCUT2D eigenvalue weighted by atomic mass is 9.85. The predicted molar refractivity (Wildman–Crippen MR) is 72.8 cm³/mol. The van der Waals surface area contributed by atoms with Gasteiger partial charge in [-0.1, -0.05) is 20.8 Å². The predicted octanol–water partition coefficient (Wildman–Crippen LogP) is 1.77. The topological polar surface area (TPSA) is 75.3 Å². The molecule has 18 heavy (non-hydrogen) atoms. The molecule has 0 fully saturated rings. The van der Waals surface area contributed by atoms with Crippen molar-refractivity contribution in [2.45, 2.75) is 39.2 Å². The number of carbonyl (C=O) groups excluding carboxylic acids is 1. The molecule has 100 valence electrons. The molecule has 1 amide bonds. The summed E-state index contributed by atoms with van der Waals surface area (Å²) in [6.07, 6.45) is 0. The van der Waals surface area contributed by atoms with Gasteiger partial charge in [0.15, 0.2) is 0 Å². The second-order valence-corrected chi connectivity index (χ2v) is 5.67. The maximum atomic E-state index is 11.9. The molecule has 0 saturated carbocycles. The Hall–Kier alpha value is -1.55. The first kappa shape index (κ1) is 14.5. The van der Waals surface area contributed by atoms with Crippen LogP contribution in [0.25, 0.3) is 0 Å². The molecule has 1 aromatic rings. The minimum atomic E-state index is -0.207. The summed E-state index contributed by atoms with van der Waals surface area (Å²) in [4.78, 5) is 11.9. The molecule has 0 aliphatic carbocycles. The van der Waals surface area contributed by atoms with E-state index in [1.807, 2.05) is 27.7 Å². The highest BCUT2D eigenvalue weighted by molar-refractivity contribution is 5.94. The number of aromatic hydroxyl groups is 1. The Morgan fingerprint density at radius 2 is 2.06 bits per heavy atom. The summed E-state index contributed by atoms with van der Waals surface area (Å²) in [5, 5.41) is 12.6. The molecule has 0 heterocycles. The molecule has 0 saturated heterocycles. The molecule has 0 spiro atoms. The number of hydrogen-bond acceptors (Lipinski definition) is 3. The summed E-state index contributed by atoms with van der Waals surface area (Å²) in [7, 11) is 0. The molecule has 0 aromatic heterocycles. The van der Waals surface area contributed by atoms with Crippen LogP contribution in [0.2, 0.25) is 0 Å². The van der Waals surface area contributed by atoms with Gasteiger partial charge in [0.1, 0.15) is 5.75 Å². The second-order valence-electron chi connectivity index (χ2n) is 5.67. The first-order valence-corrected chi connectivity index (χ1v) is 6.09. The zero-order chi connectivity index (χ0) is 13.9. The maximum Gasteiger partial charge on any atom is 0.251 e. The molecule has 0 bridgehead atoms. The third kappa shape index (κ3) is 3.74. The molecule has 0 aliphatic rings. The van der Waals surface area contributed by atoms with E-state index in [1.165, 1.54) is 0 Å². The van der Waals surface area contributed by atoms with Gasteiger partial charge < -0.3 is 16.2 Å². The number of phenols is 1. The zero-order valence-corrected chi connectivity index (χ0v) is 11.4. The van der Waals surface area contributed by atoms with Gasteiger partial charge in [-0.05, 0) is 30.5 Å². The molecule has 1 rings (SSSR count). The highest BCUT2D eigenvalue weighted by atomic mass is 16.3. The van der Waals surface area contributed by atoms with E-state index in [4.69, 9.17) is 5.73 Å². The number of rotatable bonds is 3. The molecule has 4 N–H and O–H groups in total. The van der Waals surface area contributed by atoms with Gasteiger partial charge in [0.2, 0.25) is 0 Å². The molecule has 0 aliphatic heterocycles. The minimum Gasteiger partial charge on any atom is -0.508 e. The van der Waals surface area contributed by atoms with Gasteiger partial charge in [-0.15, -0.1) is 0 Å². The summed E-state index contributed by atoms with van der Waals surface area (Å²) in [5.74, 6) is 0.0454. The van der Waals surface area contributed by atoms with E-state index in [2.05, 4.69) is 5.32 Å². The number of nitrogens with two attached hydrogens (primary N) is 1. The Balaban J connectivity index is 2.95. The number of carbonyl (C=O) groups is 1. The van der Waals surface area contributed by atoms with E-state index in [1.54, 1.807) is 18.2 Å². The smallest absolute Gasteiger partial charge is 0.251 e.